The van der Waals surface area contributed by atoms with Crippen molar-refractivity contribution in [3.63, 3.8) is 0 Å². The molecule has 0 bridgehead atoms. The lowest BCUT2D eigenvalue weighted by Crippen LogP contribution is -2.52. The van der Waals surface area contributed by atoms with Gasteiger partial charge in [-0.25, -0.2) is 18.4 Å². The van der Waals surface area contributed by atoms with Crippen LogP contribution in [0.1, 0.15) is 22.8 Å². The standard InChI is InChI=1S/C22H24ClF2N3O3/c1-3-26-9-11-27(12-10-26)22(30)28(19-6-4-5-17(23)20(19)25)14-16-8-7-15(13-18(16)24)21(29)31-2/h4-8,13H,3,9-12,14H2,1-2H3. The van der Waals surface area contributed by atoms with Crippen molar-refractivity contribution in [2.45, 2.75) is 13.5 Å². The summed E-state index contributed by atoms with van der Waals surface area (Å²) in [6.45, 7) is 5.08. The number of hydrogen-bond acceptors (Lipinski definition) is 4. The zero-order chi connectivity index (χ0) is 22.5. The number of benzene rings is 2. The van der Waals surface area contributed by atoms with Gasteiger partial charge in [-0.2, -0.15) is 0 Å². The zero-order valence-corrected chi connectivity index (χ0v) is 18.2. The van der Waals surface area contributed by atoms with E-state index in [-0.39, 0.29) is 28.4 Å². The minimum atomic E-state index is -0.753. The van der Waals surface area contributed by atoms with Crippen LogP contribution in [-0.4, -0.2) is 61.6 Å². The number of amides is 2. The van der Waals surface area contributed by atoms with E-state index in [9.17, 15) is 18.4 Å². The van der Waals surface area contributed by atoms with E-state index < -0.39 is 23.6 Å². The highest BCUT2D eigenvalue weighted by Gasteiger charge is 2.29. The molecule has 1 heterocycles. The van der Waals surface area contributed by atoms with Gasteiger partial charge in [0.05, 0.1) is 29.9 Å². The molecule has 0 unspecified atom stereocenters. The second-order valence-electron chi connectivity index (χ2n) is 7.16. The Labute approximate surface area is 184 Å². The van der Waals surface area contributed by atoms with Crippen molar-refractivity contribution in [2.24, 2.45) is 0 Å². The molecule has 1 fully saturated rings. The van der Waals surface area contributed by atoms with Gasteiger partial charge in [0, 0.05) is 31.7 Å². The van der Waals surface area contributed by atoms with Gasteiger partial charge in [-0.05, 0) is 30.8 Å². The second-order valence-corrected chi connectivity index (χ2v) is 7.57. The molecule has 1 saturated heterocycles. The summed E-state index contributed by atoms with van der Waals surface area (Å²) < 4.78 is 34.1. The minimum Gasteiger partial charge on any atom is -0.465 e. The van der Waals surface area contributed by atoms with E-state index in [0.717, 1.165) is 12.6 Å². The van der Waals surface area contributed by atoms with Gasteiger partial charge in [-0.3, -0.25) is 4.90 Å². The Bertz CT molecular complexity index is 965. The lowest BCUT2D eigenvalue weighted by atomic mass is 10.1. The first-order chi connectivity index (χ1) is 14.8. The number of urea groups is 1. The monoisotopic (exact) mass is 451 g/mol. The lowest BCUT2D eigenvalue weighted by Gasteiger charge is -2.37. The van der Waals surface area contributed by atoms with Gasteiger partial charge < -0.3 is 14.5 Å². The van der Waals surface area contributed by atoms with Crippen LogP contribution in [0.4, 0.5) is 19.3 Å². The van der Waals surface area contributed by atoms with Crippen molar-refractivity contribution < 1.29 is 23.1 Å². The van der Waals surface area contributed by atoms with E-state index in [4.69, 9.17) is 11.6 Å². The smallest absolute Gasteiger partial charge is 0.337 e. The third-order valence-corrected chi connectivity index (χ3v) is 5.64. The molecular weight excluding hydrogens is 428 g/mol. The van der Waals surface area contributed by atoms with E-state index >= 15 is 0 Å². The second kappa shape index (κ2) is 10.1. The van der Waals surface area contributed by atoms with Gasteiger partial charge in [0.2, 0.25) is 0 Å². The summed E-state index contributed by atoms with van der Waals surface area (Å²) >= 11 is 5.93. The number of hydrogen-bond donors (Lipinski definition) is 0. The third kappa shape index (κ3) is 5.14. The fourth-order valence-corrected chi connectivity index (χ4v) is 3.64. The maximum Gasteiger partial charge on any atom is 0.337 e. The molecule has 0 aromatic heterocycles. The molecule has 0 atom stereocenters. The molecule has 0 N–H and O–H groups in total. The first-order valence-electron chi connectivity index (χ1n) is 9.95. The van der Waals surface area contributed by atoms with E-state index in [0.29, 0.717) is 26.2 Å². The molecule has 9 heteroatoms. The summed E-state index contributed by atoms with van der Waals surface area (Å²) in [7, 11) is 1.20. The number of carbonyl (C=O) groups excluding carboxylic acids is 2. The highest BCUT2D eigenvalue weighted by molar-refractivity contribution is 6.31. The van der Waals surface area contributed by atoms with Crippen molar-refractivity contribution in [3.8, 4) is 0 Å². The number of halogens is 3. The van der Waals surface area contributed by atoms with Crippen LogP contribution in [0.3, 0.4) is 0 Å². The Morgan fingerprint density at radius 2 is 1.84 bits per heavy atom. The van der Waals surface area contributed by atoms with Crippen molar-refractivity contribution in [1.29, 1.82) is 0 Å². The fourth-order valence-electron chi connectivity index (χ4n) is 3.47. The average molecular weight is 452 g/mol. The quantitative estimate of drug-likeness (QED) is 0.640. The van der Waals surface area contributed by atoms with Gasteiger partial charge in [0.1, 0.15) is 5.82 Å². The molecule has 0 spiro atoms. The average Bonchev–Trinajstić information content (AvgIpc) is 2.79. The number of carbonyl (C=O) groups is 2. The molecule has 3 rings (SSSR count). The van der Waals surface area contributed by atoms with Gasteiger partial charge in [0.25, 0.3) is 0 Å². The van der Waals surface area contributed by atoms with Crippen LogP contribution < -0.4 is 4.90 Å². The summed E-state index contributed by atoms with van der Waals surface area (Å²) in [6.07, 6.45) is 0. The molecule has 0 radical (unpaired) electrons. The first-order valence-corrected chi connectivity index (χ1v) is 10.3. The number of piperazine rings is 1. The molecule has 1 aliphatic rings. The number of anilines is 1. The van der Waals surface area contributed by atoms with Crippen LogP contribution in [0.5, 0.6) is 0 Å². The highest BCUT2D eigenvalue weighted by Crippen LogP contribution is 2.29. The van der Waals surface area contributed by atoms with Crippen LogP contribution in [0.2, 0.25) is 5.02 Å². The topological polar surface area (TPSA) is 53.1 Å². The SMILES string of the molecule is CCN1CCN(C(=O)N(Cc2ccc(C(=O)OC)cc2F)c2cccc(Cl)c2F)CC1. The minimum absolute atomic E-state index is 0.0353. The predicted molar refractivity (Wildman–Crippen MR) is 114 cm³/mol. The maximum atomic E-state index is 14.8. The molecule has 0 saturated carbocycles. The van der Waals surface area contributed by atoms with Crippen molar-refractivity contribution in [3.05, 3.63) is 64.2 Å². The molecule has 166 valence electrons. The fraction of sp³-hybridized carbons (Fsp3) is 0.364. The number of nitrogens with zero attached hydrogens (tertiary/aromatic N) is 3. The highest BCUT2D eigenvalue weighted by atomic mass is 35.5. The molecule has 2 amide bonds. The molecule has 1 aliphatic heterocycles. The van der Waals surface area contributed by atoms with Gasteiger partial charge in [-0.1, -0.05) is 30.7 Å². The largest absolute Gasteiger partial charge is 0.465 e. The number of esters is 1. The maximum absolute atomic E-state index is 14.8. The van der Waals surface area contributed by atoms with Crippen molar-refractivity contribution in [1.82, 2.24) is 9.80 Å². The Balaban J connectivity index is 1.92. The third-order valence-electron chi connectivity index (χ3n) is 5.35. The van der Waals surface area contributed by atoms with Crippen LogP contribution in [0, 0.1) is 11.6 Å². The van der Waals surface area contributed by atoms with Crippen LogP contribution in [0.25, 0.3) is 0 Å². The zero-order valence-electron chi connectivity index (χ0n) is 17.4. The van der Waals surface area contributed by atoms with E-state index in [1.807, 2.05) is 6.92 Å². The lowest BCUT2D eigenvalue weighted by molar-refractivity contribution is 0.0600. The molecule has 2 aromatic carbocycles. The summed E-state index contributed by atoms with van der Waals surface area (Å²) in [6, 6.07) is 7.75. The Hall–Kier alpha value is -2.71. The normalized spacial score (nSPS) is 14.4. The summed E-state index contributed by atoms with van der Waals surface area (Å²) in [4.78, 5) is 30.0. The molecular formula is C22H24ClF2N3O3. The molecule has 2 aromatic rings. The molecule has 6 nitrogen and oxygen atoms in total. The van der Waals surface area contributed by atoms with Gasteiger partial charge in [-0.15, -0.1) is 0 Å². The number of methoxy groups -OCH3 is 1. The summed E-state index contributed by atoms with van der Waals surface area (Å²) in [5.41, 5.74) is 0.144. The van der Waals surface area contributed by atoms with Gasteiger partial charge >= 0.3 is 12.0 Å². The van der Waals surface area contributed by atoms with Crippen molar-refractivity contribution >= 4 is 29.3 Å². The van der Waals surface area contributed by atoms with E-state index in [2.05, 4.69) is 9.64 Å². The Morgan fingerprint density at radius 1 is 1.13 bits per heavy atom. The number of likely N-dealkylation sites (N-methyl/N-ethyl adjacent to an activating group) is 1. The van der Waals surface area contributed by atoms with Crippen LogP contribution in [-0.2, 0) is 11.3 Å². The number of ether oxygens (including phenoxy) is 1. The van der Waals surface area contributed by atoms with E-state index in [1.165, 1.54) is 42.3 Å². The van der Waals surface area contributed by atoms with E-state index in [1.54, 1.807) is 4.90 Å². The number of rotatable bonds is 5. The van der Waals surface area contributed by atoms with Crippen LogP contribution in [0.15, 0.2) is 36.4 Å². The summed E-state index contributed by atoms with van der Waals surface area (Å²) in [5.74, 6) is -2.12. The Kier molecular flexibility index (Phi) is 7.46. The van der Waals surface area contributed by atoms with Crippen LogP contribution >= 0.6 is 11.6 Å². The first kappa shape index (κ1) is 23.0. The molecule has 0 aliphatic carbocycles. The summed E-state index contributed by atoms with van der Waals surface area (Å²) in [5, 5.41) is -0.132. The Morgan fingerprint density at radius 3 is 2.45 bits per heavy atom. The van der Waals surface area contributed by atoms with Crippen molar-refractivity contribution in [2.75, 3.05) is 44.7 Å². The molecule has 31 heavy (non-hydrogen) atoms. The van der Waals surface area contributed by atoms with Gasteiger partial charge in [0.15, 0.2) is 5.82 Å². The predicted octanol–water partition coefficient (Wildman–Crippen LogP) is 4.17.